The smallest absolute Gasteiger partial charge is 0.411 e. The first kappa shape index (κ1) is 15.7. The lowest BCUT2D eigenvalue weighted by Gasteiger charge is -2.22. The number of nitrogens with zero attached hydrogens (tertiary/aromatic N) is 1. The average Bonchev–Trinajstić information content (AvgIpc) is 2.81. The van der Waals surface area contributed by atoms with Crippen molar-refractivity contribution in [2.75, 3.05) is 26.9 Å². The maximum atomic E-state index is 11.8. The third kappa shape index (κ3) is 5.06. The zero-order chi connectivity index (χ0) is 14.5. The Bertz CT molecular complexity index is 332. The number of rotatable bonds is 5. The summed E-state index contributed by atoms with van der Waals surface area (Å²) in [7, 11) is 1.23. The number of likely N-dealkylation sites (tertiary alicyclic amines) is 1. The lowest BCUT2D eigenvalue weighted by Crippen LogP contribution is -2.41. The molecular formula is C11H16F3NO4. The van der Waals surface area contributed by atoms with Crippen LogP contribution in [-0.2, 0) is 19.1 Å². The van der Waals surface area contributed by atoms with Gasteiger partial charge in [0.1, 0.15) is 12.6 Å². The van der Waals surface area contributed by atoms with Crippen LogP contribution in [0.25, 0.3) is 0 Å². The maximum absolute atomic E-state index is 11.8. The maximum Gasteiger partial charge on any atom is 0.411 e. The van der Waals surface area contributed by atoms with Crippen LogP contribution >= 0.6 is 0 Å². The summed E-state index contributed by atoms with van der Waals surface area (Å²) in [6.45, 7) is -1.28. The van der Waals surface area contributed by atoms with Gasteiger partial charge in [-0.25, -0.2) is 4.79 Å². The minimum absolute atomic E-state index is 0.177. The molecule has 0 aromatic carbocycles. The number of amides is 1. The van der Waals surface area contributed by atoms with Crippen LogP contribution in [0, 0.1) is 0 Å². The highest BCUT2D eigenvalue weighted by atomic mass is 19.4. The fourth-order valence-electron chi connectivity index (χ4n) is 1.94. The lowest BCUT2D eigenvalue weighted by atomic mass is 10.2. The van der Waals surface area contributed by atoms with E-state index in [1.54, 1.807) is 0 Å². The van der Waals surface area contributed by atoms with Gasteiger partial charge >= 0.3 is 12.1 Å². The Morgan fingerprint density at radius 1 is 1.37 bits per heavy atom. The van der Waals surface area contributed by atoms with E-state index in [2.05, 4.69) is 9.47 Å². The molecule has 8 heteroatoms. The van der Waals surface area contributed by atoms with Crippen molar-refractivity contribution >= 4 is 11.9 Å². The Labute approximate surface area is 108 Å². The predicted molar refractivity (Wildman–Crippen MR) is 58.2 cm³/mol. The van der Waals surface area contributed by atoms with Crippen molar-refractivity contribution in [1.29, 1.82) is 0 Å². The number of carbonyl (C=O) groups excluding carboxylic acids is 2. The van der Waals surface area contributed by atoms with Crippen LogP contribution < -0.4 is 0 Å². The number of hydrogen-bond acceptors (Lipinski definition) is 4. The molecule has 0 radical (unpaired) electrons. The molecule has 1 aliphatic rings. The van der Waals surface area contributed by atoms with Crippen molar-refractivity contribution < 1.29 is 32.2 Å². The zero-order valence-corrected chi connectivity index (χ0v) is 10.5. The summed E-state index contributed by atoms with van der Waals surface area (Å²) < 4.78 is 44.4. The molecule has 1 atom stereocenters. The number of halogens is 3. The number of methoxy groups -OCH3 is 1. The monoisotopic (exact) mass is 283 g/mol. The Morgan fingerprint density at radius 2 is 2.05 bits per heavy atom. The molecule has 1 heterocycles. The van der Waals surface area contributed by atoms with E-state index < -0.39 is 30.7 Å². The standard InChI is InChI=1S/C11H16F3NO4/c1-18-10(17)8-3-2-5-15(8)9(16)4-6-19-7-11(12,13)14/h8H,2-7H2,1H3. The van der Waals surface area contributed by atoms with E-state index in [9.17, 15) is 22.8 Å². The first-order chi connectivity index (χ1) is 8.85. The van der Waals surface area contributed by atoms with Gasteiger partial charge in [-0.05, 0) is 12.8 Å². The van der Waals surface area contributed by atoms with E-state index >= 15 is 0 Å². The molecule has 1 saturated heterocycles. The van der Waals surface area contributed by atoms with Crippen LogP contribution in [0.15, 0.2) is 0 Å². The van der Waals surface area contributed by atoms with Gasteiger partial charge in [0.15, 0.2) is 0 Å². The lowest BCUT2D eigenvalue weighted by molar-refractivity contribution is -0.175. The molecular weight excluding hydrogens is 267 g/mol. The van der Waals surface area contributed by atoms with Gasteiger partial charge in [-0.15, -0.1) is 0 Å². The Balaban J connectivity index is 2.34. The van der Waals surface area contributed by atoms with E-state index in [0.29, 0.717) is 19.4 Å². The number of hydrogen-bond donors (Lipinski definition) is 0. The van der Waals surface area contributed by atoms with Crippen LogP contribution in [0.4, 0.5) is 13.2 Å². The molecule has 0 aromatic heterocycles. The second kappa shape index (κ2) is 6.74. The van der Waals surface area contributed by atoms with E-state index in [4.69, 9.17) is 0 Å². The van der Waals surface area contributed by atoms with Crippen LogP contribution in [0.3, 0.4) is 0 Å². The first-order valence-electron chi connectivity index (χ1n) is 5.87. The molecule has 1 aliphatic heterocycles. The Morgan fingerprint density at radius 3 is 2.63 bits per heavy atom. The molecule has 0 bridgehead atoms. The van der Waals surface area contributed by atoms with Gasteiger partial charge in [-0.3, -0.25) is 4.79 Å². The van der Waals surface area contributed by atoms with E-state index in [0.717, 1.165) is 0 Å². The molecule has 110 valence electrons. The molecule has 1 unspecified atom stereocenters. The molecule has 0 aliphatic carbocycles. The molecule has 0 spiro atoms. The number of esters is 1. The Kier molecular flexibility index (Phi) is 5.59. The fraction of sp³-hybridized carbons (Fsp3) is 0.818. The first-order valence-corrected chi connectivity index (χ1v) is 5.87. The minimum Gasteiger partial charge on any atom is -0.467 e. The van der Waals surface area contributed by atoms with Crippen LogP contribution in [0.1, 0.15) is 19.3 Å². The van der Waals surface area contributed by atoms with Crippen molar-refractivity contribution in [3.8, 4) is 0 Å². The molecule has 5 nitrogen and oxygen atoms in total. The van der Waals surface area contributed by atoms with E-state index in [1.165, 1.54) is 12.0 Å². The minimum atomic E-state index is -4.40. The number of carbonyl (C=O) groups is 2. The molecule has 19 heavy (non-hydrogen) atoms. The third-order valence-electron chi connectivity index (χ3n) is 2.77. The summed E-state index contributed by atoms with van der Waals surface area (Å²) in [5, 5.41) is 0. The van der Waals surface area contributed by atoms with Gasteiger partial charge < -0.3 is 14.4 Å². The molecule has 1 fully saturated rings. The third-order valence-corrected chi connectivity index (χ3v) is 2.77. The van der Waals surface area contributed by atoms with Gasteiger partial charge in [0, 0.05) is 6.54 Å². The second-order valence-corrected chi connectivity index (χ2v) is 4.19. The summed E-state index contributed by atoms with van der Waals surface area (Å²) in [6.07, 6.45) is -3.38. The van der Waals surface area contributed by atoms with Crippen LogP contribution in [-0.4, -0.2) is 55.9 Å². The fourth-order valence-corrected chi connectivity index (χ4v) is 1.94. The summed E-state index contributed by atoms with van der Waals surface area (Å²) in [6, 6.07) is -0.625. The van der Waals surface area contributed by atoms with Crippen molar-refractivity contribution in [2.24, 2.45) is 0 Å². The highest BCUT2D eigenvalue weighted by Crippen LogP contribution is 2.19. The topological polar surface area (TPSA) is 55.8 Å². The average molecular weight is 283 g/mol. The largest absolute Gasteiger partial charge is 0.467 e. The van der Waals surface area contributed by atoms with Crippen molar-refractivity contribution in [2.45, 2.75) is 31.5 Å². The van der Waals surface area contributed by atoms with Gasteiger partial charge in [0.05, 0.1) is 20.1 Å². The van der Waals surface area contributed by atoms with Crippen molar-refractivity contribution in [3.63, 3.8) is 0 Å². The summed E-state index contributed by atoms with van der Waals surface area (Å²) in [4.78, 5) is 24.5. The quantitative estimate of drug-likeness (QED) is 0.560. The van der Waals surface area contributed by atoms with Crippen LogP contribution in [0.5, 0.6) is 0 Å². The molecule has 0 aromatic rings. The van der Waals surface area contributed by atoms with E-state index in [-0.39, 0.29) is 13.0 Å². The van der Waals surface area contributed by atoms with E-state index in [1.807, 2.05) is 0 Å². The van der Waals surface area contributed by atoms with Gasteiger partial charge in [-0.1, -0.05) is 0 Å². The second-order valence-electron chi connectivity index (χ2n) is 4.19. The van der Waals surface area contributed by atoms with Gasteiger partial charge in [0.25, 0.3) is 0 Å². The molecule has 1 rings (SSSR count). The SMILES string of the molecule is COC(=O)C1CCCN1C(=O)CCOCC(F)(F)F. The van der Waals surface area contributed by atoms with Crippen LogP contribution in [0.2, 0.25) is 0 Å². The summed E-state index contributed by atoms with van der Waals surface area (Å²) in [5.74, 6) is -0.892. The molecule has 0 N–H and O–H groups in total. The number of alkyl halides is 3. The Hall–Kier alpha value is -1.31. The molecule has 0 saturated carbocycles. The summed E-state index contributed by atoms with van der Waals surface area (Å²) in [5.41, 5.74) is 0. The predicted octanol–water partition coefficient (Wildman–Crippen LogP) is 1.12. The normalized spacial score (nSPS) is 19.6. The number of ether oxygens (including phenoxy) is 2. The molecule has 1 amide bonds. The van der Waals surface area contributed by atoms with Crippen molar-refractivity contribution in [1.82, 2.24) is 4.90 Å². The van der Waals surface area contributed by atoms with Crippen molar-refractivity contribution in [3.05, 3.63) is 0 Å². The van der Waals surface area contributed by atoms with Gasteiger partial charge in [0.2, 0.25) is 5.91 Å². The summed E-state index contributed by atoms with van der Waals surface area (Å²) >= 11 is 0. The highest BCUT2D eigenvalue weighted by Gasteiger charge is 2.34. The van der Waals surface area contributed by atoms with Gasteiger partial charge in [-0.2, -0.15) is 13.2 Å². The highest BCUT2D eigenvalue weighted by molar-refractivity contribution is 5.85. The zero-order valence-electron chi connectivity index (χ0n) is 10.5.